The lowest BCUT2D eigenvalue weighted by molar-refractivity contribution is 0.128. The summed E-state index contributed by atoms with van der Waals surface area (Å²) in [4.78, 5) is 4.78. The molecule has 0 aromatic heterocycles. The lowest BCUT2D eigenvalue weighted by Gasteiger charge is -2.50. The Labute approximate surface area is 228 Å². The third kappa shape index (κ3) is 5.14. The highest BCUT2D eigenvalue weighted by molar-refractivity contribution is 5.70. The molecule has 1 aromatic carbocycles. The van der Waals surface area contributed by atoms with Crippen LogP contribution in [0, 0.1) is 22.2 Å². The van der Waals surface area contributed by atoms with Gasteiger partial charge in [-0.2, -0.15) is 5.26 Å². The Morgan fingerprint density at radius 3 is 2.53 bits per heavy atom. The minimum Gasteiger partial charge on any atom is -0.494 e. The van der Waals surface area contributed by atoms with E-state index in [9.17, 15) is 5.26 Å². The highest BCUT2D eigenvalue weighted by atomic mass is 16.5. The van der Waals surface area contributed by atoms with Crippen LogP contribution in [0.4, 0.5) is 0 Å². The quantitative estimate of drug-likeness (QED) is 0.444. The number of ether oxygens (including phenoxy) is 2. The molecule has 0 radical (unpaired) electrons. The molecule has 5 heteroatoms. The number of piperazine rings is 1. The number of likely N-dealkylation sites (N-methyl/N-ethyl adjacent to an activating group) is 1. The first-order chi connectivity index (χ1) is 18.0. The van der Waals surface area contributed by atoms with Crippen LogP contribution in [0.25, 0.3) is 11.3 Å². The van der Waals surface area contributed by atoms with Gasteiger partial charge in [0.2, 0.25) is 0 Å². The van der Waals surface area contributed by atoms with Gasteiger partial charge in [0.05, 0.1) is 35.5 Å². The zero-order valence-electron chi connectivity index (χ0n) is 24.3. The van der Waals surface area contributed by atoms with Gasteiger partial charge in [0.25, 0.3) is 0 Å². The second-order valence-electron chi connectivity index (χ2n) is 12.0. The molecule has 0 N–H and O–H groups in total. The third-order valence-corrected chi connectivity index (χ3v) is 8.06. The van der Waals surface area contributed by atoms with E-state index in [0.717, 1.165) is 64.5 Å². The van der Waals surface area contributed by atoms with Crippen molar-refractivity contribution in [3.63, 3.8) is 0 Å². The van der Waals surface area contributed by atoms with Crippen LogP contribution in [0.5, 0.6) is 5.75 Å². The minimum absolute atomic E-state index is 0.0290. The maximum atomic E-state index is 9.60. The van der Waals surface area contributed by atoms with Gasteiger partial charge < -0.3 is 19.3 Å². The maximum Gasteiger partial charge on any atom is 0.127 e. The van der Waals surface area contributed by atoms with E-state index in [1.807, 2.05) is 13.0 Å². The second kappa shape index (κ2) is 10.4. The Morgan fingerprint density at radius 2 is 1.95 bits per heavy atom. The first-order valence-corrected chi connectivity index (χ1v) is 13.8. The number of fused-ring (bicyclic) bond motifs is 1. The molecule has 2 heterocycles. The van der Waals surface area contributed by atoms with Crippen molar-refractivity contribution in [1.82, 2.24) is 9.80 Å². The monoisotopic (exact) mass is 513 g/mol. The lowest BCUT2D eigenvalue weighted by atomic mass is 9.82. The standard InChI is InChI=1S/C33H43N3O2/c1-10-22(3)30-25(13-12-14-28(30)38-21-33(20-34)15-16-33)31-27-17-23(4)26(24(5)37-11-2)18-36(27)29(19-35(31)9)32(6,7)8/h12-14,17-18,29H,4-5,10-11,15-16,19,21H2,1-3,6-9H3/b30-22?,31-25-. The van der Waals surface area contributed by atoms with Crippen molar-refractivity contribution >= 4 is 11.3 Å². The van der Waals surface area contributed by atoms with Crippen LogP contribution < -0.4 is 15.2 Å². The molecule has 0 bridgehead atoms. The molecule has 2 fully saturated rings. The second-order valence-corrected chi connectivity index (χ2v) is 12.0. The van der Waals surface area contributed by atoms with Crippen LogP contribution >= 0.6 is 0 Å². The summed E-state index contributed by atoms with van der Waals surface area (Å²) in [5.74, 6) is 1.50. The van der Waals surface area contributed by atoms with E-state index >= 15 is 0 Å². The van der Waals surface area contributed by atoms with Crippen LogP contribution in [0.15, 0.2) is 66.2 Å². The van der Waals surface area contributed by atoms with Crippen LogP contribution in [0.1, 0.15) is 60.8 Å². The number of nitriles is 1. The number of benzene rings is 1. The molecule has 1 saturated heterocycles. The molecule has 202 valence electrons. The predicted molar refractivity (Wildman–Crippen MR) is 155 cm³/mol. The summed E-state index contributed by atoms with van der Waals surface area (Å²) in [5, 5.41) is 11.9. The van der Waals surface area contributed by atoms with Gasteiger partial charge in [-0.1, -0.05) is 58.6 Å². The number of nitrogens with zero attached hydrogens (tertiary/aromatic N) is 3. The van der Waals surface area contributed by atoms with E-state index < -0.39 is 0 Å². The molecule has 1 aliphatic carbocycles. The molecule has 3 aliphatic rings. The molecule has 4 rings (SSSR count). The zero-order valence-corrected chi connectivity index (χ0v) is 24.3. The Bertz CT molecular complexity index is 1360. The summed E-state index contributed by atoms with van der Waals surface area (Å²) >= 11 is 0. The first kappa shape index (κ1) is 27.6. The van der Waals surface area contributed by atoms with E-state index in [1.165, 1.54) is 5.57 Å². The van der Waals surface area contributed by atoms with Gasteiger partial charge >= 0.3 is 0 Å². The molecular formula is C33H43N3O2. The molecule has 1 saturated carbocycles. The number of hydrogen-bond donors (Lipinski definition) is 0. The van der Waals surface area contributed by atoms with Crippen molar-refractivity contribution < 1.29 is 9.47 Å². The van der Waals surface area contributed by atoms with Crippen LogP contribution in [0.2, 0.25) is 0 Å². The smallest absolute Gasteiger partial charge is 0.127 e. The summed E-state index contributed by atoms with van der Waals surface area (Å²) in [6.45, 7) is 23.6. The molecule has 1 atom stereocenters. The summed E-state index contributed by atoms with van der Waals surface area (Å²) < 4.78 is 12.2. The largest absolute Gasteiger partial charge is 0.494 e. The number of hydrogen-bond acceptors (Lipinski definition) is 5. The third-order valence-electron chi connectivity index (χ3n) is 8.06. The van der Waals surface area contributed by atoms with Gasteiger partial charge in [0.1, 0.15) is 18.1 Å². The minimum atomic E-state index is -0.327. The normalized spacial score (nSPS) is 22.6. The molecule has 38 heavy (non-hydrogen) atoms. The van der Waals surface area contributed by atoms with Crippen LogP contribution in [0.3, 0.4) is 0 Å². The van der Waals surface area contributed by atoms with Gasteiger partial charge in [-0.05, 0) is 56.2 Å². The van der Waals surface area contributed by atoms with Crippen molar-refractivity contribution in [2.75, 3.05) is 26.8 Å². The van der Waals surface area contributed by atoms with E-state index in [2.05, 4.69) is 95.1 Å². The van der Waals surface area contributed by atoms with Gasteiger partial charge in [-0.15, -0.1) is 0 Å². The summed E-state index contributed by atoms with van der Waals surface area (Å²) in [7, 11) is 2.18. The summed E-state index contributed by atoms with van der Waals surface area (Å²) in [6.07, 6.45) is 7.09. The van der Waals surface area contributed by atoms with Crippen molar-refractivity contribution in [2.24, 2.45) is 10.8 Å². The highest BCUT2D eigenvalue weighted by Gasteiger charge is 2.44. The van der Waals surface area contributed by atoms with Crippen molar-refractivity contribution in [3.8, 4) is 11.8 Å². The molecule has 5 nitrogen and oxygen atoms in total. The van der Waals surface area contributed by atoms with Gasteiger partial charge in [0.15, 0.2) is 0 Å². The van der Waals surface area contributed by atoms with Crippen LogP contribution in [-0.4, -0.2) is 42.6 Å². The Hall–Kier alpha value is -3.39. The topological polar surface area (TPSA) is 48.7 Å². The van der Waals surface area contributed by atoms with Gasteiger partial charge in [-0.3, -0.25) is 0 Å². The molecular weight excluding hydrogens is 470 g/mol. The van der Waals surface area contributed by atoms with Crippen molar-refractivity contribution in [3.05, 3.63) is 76.7 Å². The van der Waals surface area contributed by atoms with E-state index in [4.69, 9.17) is 9.47 Å². The molecule has 0 spiro atoms. The Morgan fingerprint density at radius 1 is 1.24 bits per heavy atom. The predicted octanol–water partition coefficient (Wildman–Crippen LogP) is 5.61. The summed E-state index contributed by atoms with van der Waals surface area (Å²) in [5.41, 5.74) is 5.07. The maximum absolute atomic E-state index is 9.60. The van der Waals surface area contributed by atoms with Crippen molar-refractivity contribution in [1.29, 1.82) is 5.26 Å². The van der Waals surface area contributed by atoms with Gasteiger partial charge in [0, 0.05) is 35.8 Å². The fraction of sp³-hybridized carbons (Fsp3) is 0.485. The number of allylic oxidation sites excluding steroid dienone is 2. The van der Waals surface area contributed by atoms with E-state index in [0.29, 0.717) is 19.0 Å². The average molecular weight is 514 g/mol. The van der Waals surface area contributed by atoms with E-state index in [-0.39, 0.29) is 16.9 Å². The average Bonchev–Trinajstić information content (AvgIpc) is 3.66. The van der Waals surface area contributed by atoms with Crippen LogP contribution in [-0.2, 0) is 4.74 Å². The fourth-order valence-electron chi connectivity index (χ4n) is 5.35. The molecule has 1 aromatic rings. The lowest BCUT2D eigenvalue weighted by Crippen LogP contribution is -2.55. The highest BCUT2D eigenvalue weighted by Crippen LogP contribution is 2.45. The molecule has 0 amide bonds. The number of rotatable bonds is 7. The van der Waals surface area contributed by atoms with Gasteiger partial charge in [-0.25, -0.2) is 0 Å². The zero-order chi connectivity index (χ0) is 27.8. The first-order valence-electron chi connectivity index (χ1n) is 13.8. The molecule has 2 aliphatic heterocycles. The fourth-order valence-corrected chi connectivity index (χ4v) is 5.35. The summed E-state index contributed by atoms with van der Waals surface area (Å²) in [6, 6.07) is 9.01. The molecule has 1 unspecified atom stereocenters. The Kier molecular flexibility index (Phi) is 7.57. The van der Waals surface area contributed by atoms with E-state index in [1.54, 1.807) is 0 Å². The Balaban J connectivity index is 1.94. The van der Waals surface area contributed by atoms with Crippen molar-refractivity contribution in [2.45, 2.75) is 66.8 Å². The SMILES string of the molecule is C=C1C=C2/C(=c3\cccc(OCC4(C#N)CC4)c3=C(C)CC)N(C)CC(C(C)(C)C)N2C=C1C(=C)OCC.